The Bertz CT molecular complexity index is 507. The van der Waals surface area contributed by atoms with Gasteiger partial charge in [0, 0.05) is 44.6 Å². The van der Waals surface area contributed by atoms with E-state index < -0.39 is 5.60 Å². The van der Waals surface area contributed by atoms with Gasteiger partial charge in [0.1, 0.15) is 5.60 Å². The summed E-state index contributed by atoms with van der Waals surface area (Å²) >= 11 is 1.91. The smallest absolute Gasteiger partial charge is 0.407 e. The van der Waals surface area contributed by atoms with Crippen LogP contribution in [0.15, 0.2) is 4.99 Å². The van der Waals surface area contributed by atoms with Gasteiger partial charge in [-0.1, -0.05) is 0 Å². The molecule has 0 radical (unpaired) electrons. The van der Waals surface area contributed by atoms with Crippen LogP contribution in [0, 0.1) is 0 Å². The summed E-state index contributed by atoms with van der Waals surface area (Å²) < 4.78 is 11.1. The Balaban J connectivity index is 0.00000364. The van der Waals surface area contributed by atoms with Crippen molar-refractivity contribution < 1.29 is 14.3 Å². The predicted molar refractivity (Wildman–Crippen MR) is 122 cm³/mol. The molecule has 0 spiro atoms. The summed E-state index contributed by atoms with van der Waals surface area (Å²) in [6.45, 7) is 9.76. The molecule has 0 aliphatic carbocycles. The number of likely N-dealkylation sites (tertiary alicyclic amines) is 1. The lowest BCUT2D eigenvalue weighted by Gasteiger charge is -2.36. The van der Waals surface area contributed by atoms with E-state index in [4.69, 9.17) is 9.47 Å². The molecule has 0 bridgehead atoms. The van der Waals surface area contributed by atoms with Crippen molar-refractivity contribution in [2.24, 2.45) is 4.99 Å². The molecule has 1 atom stereocenters. The van der Waals surface area contributed by atoms with E-state index in [1.807, 2.05) is 39.6 Å². The number of ether oxygens (including phenoxy) is 2. The van der Waals surface area contributed by atoms with E-state index in [1.165, 1.54) is 0 Å². The minimum atomic E-state index is -0.476. The molecule has 158 valence electrons. The van der Waals surface area contributed by atoms with Gasteiger partial charge in [-0.05, 0) is 46.3 Å². The van der Waals surface area contributed by atoms with Gasteiger partial charge in [0.2, 0.25) is 0 Å². The highest BCUT2D eigenvalue weighted by Gasteiger charge is 2.33. The molecule has 1 amide bonds. The van der Waals surface area contributed by atoms with Crippen molar-refractivity contribution in [1.82, 2.24) is 15.5 Å². The molecule has 2 heterocycles. The molecule has 2 rings (SSSR count). The molecule has 2 fully saturated rings. The Morgan fingerprint density at radius 3 is 2.59 bits per heavy atom. The molecular weight excluding hydrogens is 479 g/mol. The molecule has 2 saturated heterocycles. The maximum atomic E-state index is 12.0. The monoisotopic (exact) mass is 514 g/mol. The number of amides is 1. The van der Waals surface area contributed by atoms with Crippen molar-refractivity contribution in [3.63, 3.8) is 0 Å². The highest BCUT2D eigenvalue weighted by molar-refractivity contribution is 14.0. The second-order valence-electron chi connectivity index (χ2n) is 7.98. The number of thioether (sulfide) groups is 1. The third kappa shape index (κ3) is 7.84. The molecule has 2 aliphatic heterocycles. The summed E-state index contributed by atoms with van der Waals surface area (Å²) in [6.07, 6.45) is 4.83. The van der Waals surface area contributed by atoms with Crippen LogP contribution < -0.4 is 10.6 Å². The largest absolute Gasteiger partial charge is 0.444 e. The summed E-state index contributed by atoms with van der Waals surface area (Å²) in [5, 5.41) is 6.50. The first-order valence-electron chi connectivity index (χ1n) is 9.35. The van der Waals surface area contributed by atoms with Gasteiger partial charge in [-0.2, -0.15) is 11.8 Å². The number of carbonyl (C=O) groups is 1. The van der Waals surface area contributed by atoms with Crippen LogP contribution in [-0.2, 0) is 9.47 Å². The van der Waals surface area contributed by atoms with Crippen molar-refractivity contribution >= 4 is 47.8 Å². The minimum Gasteiger partial charge on any atom is -0.444 e. The first-order valence-corrected chi connectivity index (χ1v) is 10.6. The Kier molecular flexibility index (Phi) is 9.98. The summed E-state index contributed by atoms with van der Waals surface area (Å²) in [5.41, 5.74) is -0.476. The van der Waals surface area contributed by atoms with Crippen LogP contribution in [0.5, 0.6) is 0 Å². The fourth-order valence-corrected chi connectivity index (χ4v) is 4.11. The van der Waals surface area contributed by atoms with Crippen molar-refractivity contribution in [2.75, 3.05) is 46.2 Å². The van der Waals surface area contributed by atoms with Gasteiger partial charge in [-0.25, -0.2) is 4.79 Å². The molecule has 0 aromatic carbocycles. The fourth-order valence-electron chi connectivity index (χ4n) is 3.31. The van der Waals surface area contributed by atoms with Gasteiger partial charge < -0.3 is 25.0 Å². The van der Waals surface area contributed by atoms with Crippen LogP contribution in [0.3, 0.4) is 0 Å². The lowest BCUT2D eigenvalue weighted by molar-refractivity contribution is 0.0507. The molecule has 9 heteroatoms. The van der Waals surface area contributed by atoms with Crippen molar-refractivity contribution in [3.8, 4) is 0 Å². The molecular formula is C18H35IN4O3S. The van der Waals surface area contributed by atoms with Crippen LogP contribution in [-0.4, -0.2) is 79.5 Å². The normalized spacial score (nSPS) is 22.8. The number of hydrogen-bond donors (Lipinski definition) is 2. The number of aliphatic imine (C=N–C) groups is 1. The number of carbonyl (C=O) groups excluding carboxylic acids is 1. The molecule has 0 aromatic heterocycles. The summed E-state index contributed by atoms with van der Waals surface area (Å²) in [5.74, 6) is 0.901. The maximum absolute atomic E-state index is 12.0. The molecule has 27 heavy (non-hydrogen) atoms. The average molecular weight is 514 g/mol. The zero-order valence-corrected chi connectivity index (χ0v) is 20.3. The molecule has 2 N–H and O–H groups in total. The van der Waals surface area contributed by atoms with Gasteiger partial charge in [0.05, 0.1) is 6.04 Å². The van der Waals surface area contributed by atoms with E-state index in [0.717, 1.165) is 58.1 Å². The number of halogens is 1. The lowest BCUT2D eigenvalue weighted by Crippen LogP contribution is -2.49. The summed E-state index contributed by atoms with van der Waals surface area (Å²) in [6, 6.07) is 0.0843. The van der Waals surface area contributed by atoms with Crippen LogP contribution >= 0.6 is 35.7 Å². The number of alkyl carbamates (subject to hydrolysis) is 1. The third-order valence-electron chi connectivity index (χ3n) is 4.83. The number of nitrogens with one attached hydrogen (secondary N) is 2. The molecule has 0 saturated carbocycles. The Morgan fingerprint density at radius 1 is 1.37 bits per heavy atom. The zero-order chi connectivity index (χ0) is 19.2. The third-order valence-corrected chi connectivity index (χ3v) is 6.24. The van der Waals surface area contributed by atoms with Gasteiger partial charge in [0.15, 0.2) is 5.96 Å². The first-order chi connectivity index (χ1) is 12.3. The number of guanidine groups is 1. The number of hydrogen-bond acceptors (Lipinski definition) is 5. The molecule has 2 aliphatic rings. The second kappa shape index (κ2) is 10.9. The predicted octanol–water partition coefficient (Wildman–Crippen LogP) is 2.69. The van der Waals surface area contributed by atoms with Gasteiger partial charge >= 0.3 is 6.09 Å². The van der Waals surface area contributed by atoms with Crippen molar-refractivity contribution in [2.45, 2.75) is 56.4 Å². The van der Waals surface area contributed by atoms with Gasteiger partial charge in [-0.3, -0.25) is 4.99 Å². The molecule has 1 unspecified atom stereocenters. The Morgan fingerprint density at radius 2 is 2.04 bits per heavy atom. The van der Waals surface area contributed by atoms with E-state index in [1.54, 1.807) is 0 Å². The molecule has 7 nitrogen and oxygen atoms in total. The van der Waals surface area contributed by atoms with E-state index in [9.17, 15) is 4.79 Å². The topological polar surface area (TPSA) is 75.2 Å². The number of nitrogens with zero attached hydrogens (tertiary/aromatic N) is 2. The quantitative estimate of drug-likeness (QED) is 0.342. The van der Waals surface area contributed by atoms with Crippen LogP contribution in [0.2, 0.25) is 0 Å². The van der Waals surface area contributed by atoms with E-state index in [0.29, 0.717) is 0 Å². The highest BCUT2D eigenvalue weighted by Crippen LogP contribution is 2.33. The average Bonchev–Trinajstić information content (AvgIpc) is 3.02. The number of rotatable bonds is 4. The zero-order valence-electron chi connectivity index (χ0n) is 17.2. The van der Waals surface area contributed by atoms with Crippen molar-refractivity contribution in [1.29, 1.82) is 0 Å². The maximum Gasteiger partial charge on any atom is 0.407 e. The minimum absolute atomic E-state index is 0. The summed E-state index contributed by atoms with van der Waals surface area (Å²) in [4.78, 5) is 18.6. The van der Waals surface area contributed by atoms with Crippen LogP contribution in [0.1, 0.15) is 40.0 Å². The fraction of sp³-hybridized carbons (Fsp3) is 0.889. The second-order valence-corrected chi connectivity index (χ2v) is 9.25. The first kappa shape index (κ1) is 24.6. The van der Waals surface area contributed by atoms with Crippen LogP contribution in [0.4, 0.5) is 4.79 Å². The summed E-state index contributed by atoms with van der Waals surface area (Å²) in [7, 11) is 1.81. The SMILES string of the molecule is CN=C(NCC1(SC)CCOCC1)N1CCC(NC(=O)OC(C)(C)C)C1.I. The van der Waals surface area contributed by atoms with E-state index >= 15 is 0 Å². The Hall–Kier alpha value is -0.420. The Labute approximate surface area is 184 Å². The van der Waals surface area contributed by atoms with E-state index in [2.05, 4.69) is 26.8 Å². The molecule has 0 aromatic rings. The van der Waals surface area contributed by atoms with Gasteiger partial charge in [0.25, 0.3) is 0 Å². The van der Waals surface area contributed by atoms with Gasteiger partial charge in [-0.15, -0.1) is 24.0 Å². The lowest BCUT2D eigenvalue weighted by atomic mass is 9.99. The van der Waals surface area contributed by atoms with Crippen molar-refractivity contribution in [3.05, 3.63) is 0 Å². The highest BCUT2D eigenvalue weighted by atomic mass is 127. The van der Waals surface area contributed by atoms with E-state index in [-0.39, 0.29) is 40.9 Å². The standard InChI is InChI=1S/C18H34N4O3S.HI/c1-17(2,3)25-16(23)21-14-6-9-22(12-14)15(19-4)20-13-18(26-5)7-10-24-11-8-18;/h14H,6-13H2,1-5H3,(H,19,20)(H,21,23);1H. The van der Waals surface area contributed by atoms with Crippen LogP contribution in [0.25, 0.3) is 0 Å².